The Bertz CT molecular complexity index is 419. The number of nitrogens with two attached hydrogens (primary N) is 1. The molecule has 1 fully saturated rings. The average Bonchev–Trinajstić information content (AvgIpc) is 2.61. The van der Waals surface area contributed by atoms with E-state index in [1.165, 1.54) is 11.1 Å². The number of hydrogen-bond acceptors (Lipinski definition) is 2. The van der Waals surface area contributed by atoms with Crippen LogP contribution >= 0.6 is 0 Å². The van der Waals surface area contributed by atoms with Gasteiger partial charge in [-0.25, -0.2) is 0 Å². The molecule has 1 aromatic rings. The molecule has 0 unspecified atom stereocenters. The number of rotatable bonds is 3. The van der Waals surface area contributed by atoms with E-state index in [0.717, 1.165) is 12.2 Å². The van der Waals surface area contributed by atoms with Gasteiger partial charge < -0.3 is 11.1 Å². The van der Waals surface area contributed by atoms with E-state index in [1.54, 1.807) is 0 Å². The Hall–Kier alpha value is -1.02. The smallest absolute Gasteiger partial charge is 0.0343 e. The third-order valence-electron chi connectivity index (χ3n) is 4.87. The third kappa shape index (κ3) is 1.95. The summed E-state index contributed by atoms with van der Waals surface area (Å²) in [5.41, 5.74) is 9.98. The highest BCUT2D eigenvalue weighted by atomic mass is 15.0. The van der Waals surface area contributed by atoms with Crippen LogP contribution in [0.5, 0.6) is 0 Å². The van der Waals surface area contributed by atoms with Crippen molar-refractivity contribution in [2.45, 2.75) is 47.2 Å². The van der Waals surface area contributed by atoms with Crippen LogP contribution in [-0.4, -0.2) is 6.04 Å². The lowest BCUT2D eigenvalue weighted by Crippen LogP contribution is -2.21. The van der Waals surface area contributed by atoms with Gasteiger partial charge in [0.1, 0.15) is 0 Å². The van der Waals surface area contributed by atoms with Gasteiger partial charge in [0, 0.05) is 18.3 Å². The topological polar surface area (TPSA) is 38.0 Å². The first kappa shape index (κ1) is 12.4. The molecule has 0 heterocycles. The van der Waals surface area contributed by atoms with Crippen LogP contribution in [0.4, 0.5) is 5.69 Å². The Morgan fingerprint density at radius 2 is 1.76 bits per heavy atom. The molecule has 2 nitrogen and oxygen atoms in total. The van der Waals surface area contributed by atoms with E-state index in [2.05, 4.69) is 52.1 Å². The summed E-state index contributed by atoms with van der Waals surface area (Å²) in [6.07, 6.45) is 0. The van der Waals surface area contributed by atoms with Crippen LogP contribution < -0.4 is 11.1 Å². The zero-order valence-corrected chi connectivity index (χ0v) is 11.6. The van der Waals surface area contributed by atoms with Crippen molar-refractivity contribution in [1.82, 2.24) is 5.32 Å². The zero-order chi connectivity index (χ0) is 12.8. The average molecular weight is 232 g/mol. The molecule has 0 atom stereocenters. The minimum absolute atomic E-state index is 0.399. The second-order valence-electron chi connectivity index (χ2n) is 6.45. The first-order chi connectivity index (χ1) is 7.76. The van der Waals surface area contributed by atoms with Gasteiger partial charge in [-0.15, -0.1) is 0 Å². The van der Waals surface area contributed by atoms with Gasteiger partial charge in [-0.1, -0.05) is 39.8 Å². The molecule has 17 heavy (non-hydrogen) atoms. The van der Waals surface area contributed by atoms with Crippen LogP contribution in [0.3, 0.4) is 0 Å². The normalized spacial score (nSPS) is 21.5. The highest BCUT2D eigenvalue weighted by Gasteiger charge is 2.64. The summed E-state index contributed by atoms with van der Waals surface area (Å²) in [6.45, 7) is 12.3. The molecule has 0 radical (unpaired) electrons. The molecule has 3 N–H and O–H groups in total. The fourth-order valence-corrected chi connectivity index (χ4v) is 2.77. The summed E-state index contributed by atoms with van der Waals surface area (Å²) in [5, 5.41) is 3.66. The largest absolute Gasteiger partial charge is 0.399 e. The Kier molecular flexibility index (Phi) is 2.74. The van der Waals surface area contributed by atoms with Crippen LogP contribution in [0.2, 0.25) is 0 Å². The summed E-state index contributed by atoms with van der Waals surface area (Å²) in [7, 11) is 0. The number of anilines is 1. The maximum atomic E-state index is 5.82. The van der Waals surface area contributed by atoms with Gasteiger partial charge in [-0.2, -0.15) is 0 Å². The zero-order valence-electron chi connectivity index (χ0n) is 11.6. The molecular weight excluding hydrogens is 208 g/mol. The van der Waals surface area contributed by atoms with Crippen LogP contribution in [0.1, 0.15) is 38.8 Å². The van der Waals surface area contributed by atoms with Gasteiger partial charge in [0.15, 0.2) is 0 Å². The molecule has 0 amide bonds. The fourth-order valence-electron chi connectivity index (χ4n) is 2.77. The second-order valence-corrected chi connectivity index (χ2v) is 6.45. The van der Waals surface area contributed by atoms with E-state index in [-0.39, 0.29) is 0 Å². The predicted octanol–water partition coefficient (Wildman–Crippen LogP) is 3.10. The Balaban J connectivity index is 1.98. The molecule has 0 bridgehead atoms. The van der Waals surface area contributed by atoms with Crippen molar-refractivity contribution in [3.05, 3.63) is 29.3 Å². The van der Waals surface area contributed by atoms with Crippen LogP contribution in [0.25, 0.3) is 0 Å². The lowest BCUT2D eigenvalue weighted by Gasteiger charge is -2.08. The Labute approximate surface area is 105 Å². The van der Waals surface area contributed by atoms with E-state index in [1.807, 2.05) is 6.07 Å². The molecule has 0 spiro atoms. The molecule has 0 aliphatic heterocycles. The van der Waals surface area contributed by atoms with Gasteiger partial charge in [0.2, 0.25) is 0 Å². The molecular formula is C15H24N2. The first-order valence-corrected chi connectivity index (χ1v) is 6.35. The van der Waals surface area contributed by atoms with Crippen molar-refractivity contribution >= 4 is 5.69 Å². The molecule has 1 aliphatic carbocycles. The maximum Gasteiger partial charge on any atom is 0.0343 e. The van der Waals surface area contributed by atoms with Crippen LogP contribution in [0.15, 0.2) is 18.2 Å². The van der Waals surface area contributed by atoms with E-state index in [9.17, 15) is 0 Å². The SMILES string of the molecule is Cc1cc(CNC2C(C)(C)C2(C)C)ccc1N. The highest BCUT2D eigenvalue weighted by molar-refractivity contribution is 5.47. The standard InChI is InChI=1S/C15H24N2/c1-10-8-11(6-7-12(10)16)9-17-13-14(2,3)15(13,4)5/h6-8,13,17H,9,16H2,1-5H3. The van der Waals surface area contributed by atoms with Crippen LogP contribution in [0, 0.1) is 17.8 Å². The Morgan fingerprint density at radius 1 is 1.18 bits per heavy atom. The van der Waals surface area contributed by atoms with Crippen LogP contribution in [-0.2, 0) is 6.54 Å². The molecule has 1 aromatic carbocycles. The number of aryl methyl sites for hydroxylation is 1. The lowest BCUT2D eigenvalue weighted by atomic mass is 10.0. The molecule has 1 saturated carbocycles. The van der Waals surface area contributed by atoms with Gasteiger partial charge in [-0.3, -0.25) is 0 Å². The first-order valence-electron chi connectivity index (χ1n) is 6.35. The maximum absolute atomic E-state index is 5.82. The molecule has 0 saturated heterocycles. The van der Waals surface area contributed by atoms with Crippen molar-refractivity contribution in [1.29, 1.82) is 0 Å². The van der Waals surface area contributed by atoms with Crippen molar-refractivity contribution in [3.63, 3.8) is 0 Å². The number of benzene rings is 1. The third-order valence-corrected chi connectivity index (χ3v) is 4.87. The fraction of sp³-hybridized carbons (Fsp3) is 0.600. The van der Waals surface area contributed by atoms with Gasteiger partial charge >= 0.3 is 0 Å². The van der Waals surface area contributed by atoms with Crippen molar-refractivity contribution in [3.8, 4) is 0 Å². The number of nitrogens with one attached hydrogen (secondary N) is 1. The summed E-state index contributed by atoms with van der Waals surface area (Å²) in [6, 6.07) is 6.88. The van der Waals surface area contributed by atoms with Gasteiger partial charge in [0.25, 0.3) is 0 Å². The van der Waals surface area contributed by atoms with Gasteiger partial charge in [-0.05, 0) is 34.9 Å². The van der Waals surface area contributed by atoms with E-state index in [4.69, 9.17) is 5.73 Å². The minimum Gasteiger partial charge on any atom is -0.399 e. The Morgan fingerprint density at radius 3 is 2.24 bits per heavy atom. The monoisotopic (exact) mass is 232 g/mol. The summed E-state index contributed by atoms with van der Waals surface area (Å²) in [4.78, 5) is 0. The van der Waals surface area contributed by atoms with Crippen molar-refractivity contribution in [2.24, 2.45) is 10.8 Å². The minimum atomic E-state index is 0.399. The summed E-state index contributed by atoms with van der Waals surface area (Å²) < 4.78 is 0. The molecule has 0 aromatic heterocycles. The van der Waals surface area contributed by atoms with Crippen molar-refractivity contribution < 1.29 is 0 Å². The lowest BCUT2D eigenvalue weighted by molar-refractivity contribution is 0.457. The van der Waals surface area contributed by atoms with Crippen molar-refractivity contribution in [2.75, 3.05) is 5.73 Å². The van der Waals surface area contributed by atoms with Gasteiger partial charge in [0.05, 0.1) is 0 Å². The highest BCUT2D eigenvalue weighted by Crippen LogP contribution is 2.62. The molecule has 94 valence electrons. The number of hydrogen-bond donors (Lipinski definition) is 2. The number of nitrogen functional groups attached to an aromatic ring is 1. The molecule has 2 heteroatoms. The predicted molar refractivity (Wildman–Crippen MR) is 73.8 cm³/mol. The summed E-state index contributed by atoms with van der Waals surface area (Å²) >= 11 is 0. The second kappa shape index (κ2) is 3.74. The summed E-state index contributed by atoms with van der Waals surface area (Å²) in [5.74, 6) is 0. The molecule has 1 aliphatic rings. The molecule has 2 rings (SSSR count). The van der Waals surface area contributed by atoms with E-state index < -0.39 is 0 Å². The quantitative estimate of drug-likeness (QED) is 0.786. The van der Waals surface area contributed by atoms with E-state index in [0.29, 0.717) is 16.9 Å². The van der Waals surface area contributed by atoms with E-state index >= 15 is 0 Å².